The van der Waals surface area contributed by atoms with E-state index in [2.05, 4.69) is 10.1 Å². The van der Waals surface area contributed by atoms with Gasteiger partial charge in [0.05, 0.1) is 25.1 Å². The van der Waals surface area contributed by atoms with Crippen molar-refractivity contribution in [2.75, 3.05) is 13.7 Å². The van der Waals surface area contributed by atoms with Crippen molar-refractivity contribution in [2.45, 2.75) is 13.8 Å². The molecule has 0 spiro atoms. The lowest BCUT2D eigenvalue weighted by Gasteiger charge is -2.06. The van der Waals surface area contributed by atoms with Crippen molar-refractivity contribution in [1.29, 1.82) is 0 Å². The molecule has 0 bridgehead atoms. The molecule has 0 amide bonds. The average molecular weight is 327 g/mol. The third-order valence-electron chi connectivity index (χ3n) is 3.67. The summed E-state index contributed by atoms with van der Waals surface area (Å²) in [5.74, 6) is 0.210. The fraction of sp³-hybridized carbons (Fsp3) is 0.235. The van der Waals surface area contributed by atoms with E-state index < -0.39 is 5.97 Å². The molecule has 0 unspecified atom stereocenters. The minimum Gasteiger partial charge on any atom is -0.497 e. The van der Waals surface area contributed by atoms with Crippen LogP contribution in [-0.4, -0.2) is 34.3 Å². The number of H-pyrrole nitrogens is 1. The number of methoxy groups -OCH3 is 1. The van der Waals surface area contributed by atoms with E-state index in [1.807, 2.05) is 12.1 Å². The van der Waals surface area contributed by atoms with E-state index in [4.69, 9.17) is 9.47 Å². The van der Waals surface area contributed by atoms with Gasteiger partial charge < -0.3 is 14.5 Å². The summed E-state index contributed by atoms with van der Waals surface area (Å²) >= 11 is 0. The van der Waals surface area contributed by atoms with Gasteiger partial charge in [-0.2, -0.15) is 9.61 Å². The molecule has 0 saturated heterocycles. The fourth-order valence-electron chi connectivity index (χ4n) is 2.52. The van der Waals surface area contributed by atoms with Gasteiger partial charge in [0.2, 0.25) is 0 Å². The molecule has 7 nitrogen and oxygen atoms in total. The number of carbonyl (C=O) groups excluding carboxylic acids is 1. The highest BCUT2D eigenvalue weighted by molar-refractivity contribution is 5.97. The zero-order valence-electron chi connectivity index (χ0n) is 13.6. The van der Waals surface area contributed by atoms with Crippen molar-refractivity contribution < 1.29 is 14.3 Å². The number of nitrogens with zero attached hydrogens (tertiary/aromatic N) is 2. The number of carbonyl (C=O) groups is 1. The SMILES string of the molecule is CCOC(=O)c1c(C)nn2c(=O)cc(-c3ccc(OC)cc3)[nH]c12. The Morgan fingerprint density at radius 2 is 2.00 bits per heavy atom. The van der Waals surface area contributed by atoms with Crippen LogP contribution in [0.2, 0.25) is 0 Å². The van der Waals surface area contributed by atoms with Crippen molar-refractivity contribution in [3.63, 3.8) is 0 Å². The molecule has 124 valence electrons. The van der Waals surface area contributed by atoms with Gasteiger partial charge in [-0.3, -0.25) is 4.79 Å². The fourth-order valence-corrected chi connectivity index (χ4v) is 2.52. The minimum atomic E-state index is -0.507. The van der Waals surface area contributed by atoms with Crippen molar-refractivity contribution in [2.24, 2.45) is 0 Å². The van der Waals surface area contributed by atoms with Crippen molar-refractivity contribution in [1.82, 2.24) is 14.6 Å². The lowest BCUT2D eigenvalue weighted by atomic mass is 10.1. The second-order valence-electron chi connectivity index (χ2n) is 5.19. The van der Waals surface area contributed by atoms with Crippen LogP contribution in [0.25, 0.3) is 16.9 Å². The number of ether oxygens (including phenoxy) is 2. The molecule has 0 atom stereocenters. The Balaban J connectivity index is 2.19. The third kappa shape index (κ3) is 2.64. The number of benzene rings is 1. The highest BCUT2D eigenvalue weighted by atomic mass is 16.5. The maximum atomic E-state index is 12.3. The molecular formula is C17H17N3O4. The van der Waals surface area contributed by atoms with Crippen LogP contribution in [0.5, 0.6) is 5.75 Å². The maximum Gasteiger partial charge on any atom is 0.343 e. The first kappa shape index (κ1) is 15.8. The molecule has 0 aliphatic heterocycles. The second kappa shape index (κ2) is 6.19. The summed E-state index contributed by atoms with van der Waals surface area (Å²) in [5, 5.41) is 4.13. The Morgan fingerprint density at radius 3 is 2.62 bits per heavy atom. The van der Waals surface area contributed by atoms with Gasteiger partial charge in [-0.25, -0.2) is 4.79 Å². The van der Waals surface area contributed by atoms with Crippen molar-refractivity contribution in [3.05, 3.63) is 51.9 Å². The van der Waals surface area contributed by atoms with Gasteiger partial charge in [-0.1, -0.05) is 0 Å². The number of esters is 1. The molecule has 1 aromatic carbocycles. The second-order valence-corrected chi connectivity index (χ2v) is 5.19. The number of hydrogen-bond donors (Lipinski definition) is 1. The molecule has 3 rings (SSSR count). The van der Waals surface area contributed by atoms with Gasteiger partial charge in [0.15, 0.2) is 5.65 Å². The Kier molecular flexibility index (Phi) is 4.07. The molecule has 0 aliphatic rings. The Bertz CT molecular complexity index is 954. The van der Waals surface area contributed by atoms with Crippen LogP contribution in [0.4, 0.5) is 0 Å². The number of aromatic nitrogens is 3. The molecule has 1 N–H and O–H groups in total. The number of nitrogens with one attached hydrogen (secondary N) is 1. The Hall–Kier alpha value is -3.09. The number of aryl methyl sites for hydroxylation is 1. The summed E-state index contributed by atoms with van der Waals surface area (Å²) in [4.78, 5) is 27.6. The molecule has 0 radical (unpaired) electrons. The zero-order chi connectivity index (χ0) is 17.3. The Morgan fingerprint density at radius 1 is 1.29 bits per heavy atom. The summed E-state index contributed by atoms with van der Waals surface area (Å²) in [6, 6.07) is 8.69. The van der Waals surface area contributed by atoms with Crippen LogP contribution in [0.1, 0.15) is 23.0 Å². The van der Waals surface area contributed by atoms with E-state index in [-0.39, 0.29) is 17.7 Å². The number of rotatable bonds is 4. The first-order valence-electron chi connectivity index (χ1n) is 7.49. The van der Waals surface area contributed by atoms with Gasteiger partial charge in [-0.15, -0.1) is 0 Å². The summed E-state index contributed by atoms with van der Waals surface area (Å²) in [5.41, 5.74) is 2.08. The van der Waals surface area contributed by atoms with Crippen LogP contribution in [0.15, 0.2) is 35.1 Å². The Labute approximate surface area is 137 Å². The molecule has 7 heteroatoms. The van der Waals surface area contributed by atoms with Crippen LogP contribution in [0, 0.1) is 6.92 Å². The minimum absolute atomic E-state index is 0.248. The van der Waals surface area contributed by atoms with Gasteiger partial charge >= 0.3 is 5.97 Å². The standard InChI is InChI=1S/C17H17N3O4/c1-4-24-17(22)15-10(2)19-20-14(21)9-13(18-16(15)20)11-5-7-12(23-3)8-6-11/h5-9,18H,4H2,1-3H3. The predicted octanol–water partition coefficient (Wildman–Crippen LogP) is 2.18. The van der Waals surface area contributed by atoms with Crippen LogP contribution >= 0.6 is 0 Å². The molecule has 0 aliphatic carbocycles. The normalized spacial score (nSPS) is 10.8. The van der Waals surface area contributed by atoms with E-state index in [1.165, 1.54) is 10.6 Å². The van der Waals surface area contributed by atoms with Crippen molar-refractivity contribution >= 4 is 11.6 Å². The van der Waals surface area contributed by atoms with Gasteiger partial charge in [0.25, 0.3) is 5.56 Å². The van der Waals surface area contributed by atoms with E-state index >= 15 is 0 Å². The maximum absolute atomic E-state index is 12.3. The zero-order valence-corrected chi connectivity index (χ0v) is 13.6. The lowest BCUT2D eigenvalue weighted by Crippen LogP contribution is -2.15. The quantitative estimate of drug-likeness (QED) is 0.742. The van der Waals surface area contributed by atoms with E-state index in [0.29, 0.717) is 17.0 Å². The molecule has 2 aromatic heterocycles. The van der Waals surface area contributed by atoms with Gasteiger partial charge in [0, 0.05) is 6.07 Å². The molecule has 24 heavy (non-hydrogen) atoms. The summed E-state index contributed by atoms with van der Waals surface area (Å²) < 4.78 is 11.4. The lowest BCUT2D eigenvalue weighted by molar-refractivity contribution is 0.0527. The third-order valence-corrected chi connectivity index (χ3v) is 3.67. The first-order chi connectivity index (χ1) is 11.5. The monoisotopic (exact) mass is 327 g/mol. The van der Waals surface area contributed by atoms with E-state index in [9.17, 15) is 9.59 Å². The van der Waals surface area contributed by atoms with Crippen LogP contribution < -0.4 is 10.3 Å². The summed E-state index contributed by atoms with van der Waals surface area (Å²) in [6.07, 6.45) is 0. The first-order valence-corrected chi connectivity index (χ1v) is 7.49. The molecular weight excluding hydrogens is 310 g/mol. The summed E-state index contributed by atoms with van der Waals surface area (Å²) in [6.45, 7) is 3.64. The van der Waals surface area contributed by atoms with Crippen molar-refractivity contribution in [3.8, 4) is 17.0 Å². The largest absolute Gasteiger partial charge is 0.497 e. The number of hydrogen-bond acceptors (Lipinski definition) is 5. The number of fused-ring (bicyclic) bond motifs is 1. The van der Waals surface area contributed by atoms with E-state index in [1.54, 1.807) is 33.1 Å². The highest BCUT2D eigenvalue weighted by Crippen LogP contribution is 2.22. The average Bonchev–Trinajstić information content (AvgIpc) is 2.92. The van der Waals surface area contributed by atoms with E-state index in [0.717, 1.165) is 11.3 Å². The molecule has 3 aromatic rings. The van der Waals surface area contributed by atoms with Crippen LogP contribution in [-0.2, 0) is 4.74 Å². The molecule has 2 heterocycles. The molecule has 0 fully saturated rings. The van der Waals surface area contributed by atoms with Gasteiger partial charge in [-0.05, 0) is 43.7 Å². The molecule has 0 saturated carbocycles. The topological polar surface area (TPSA) is 85.7 Å². The smallest absolute Gasteiger partial charge is 0.343 e. The highest BCUT2D eigenvalue weighted by Gasteiger charge is 2.20. The van der Waals surface area contributed by atoms with Gasteiger partial charge in [0.1, 0.15) is 11.3 Å². The predicted molar refractivity (Wildman–Crippen MR) is 88.5 cm³/mol. The van der Waals surface area contributed by atoms with Crippen LogP contribution in [0.3, 0.4) is 0 Å². The number of aromatic amines is 1. The summed E-state index contributed by atoms with van der Waals surface area (Å²) in [7, 11) is 1.59.